The van der Waals surface area contributed by atoms with E-state index in [1.807, 2.05) is 0 Å². The van der Waals surface area contributed by atoms with Gasteiger partial charge in [0.15, 0.2) is 0 Å². The third-order valence-corrected chi connectivity index (χ3v) is 4.06. The summed E-state index contributed by atoms with van der Waals surface area (Å²) in [7, 11) is -3.60. The van der Waals surface area contributed by atoms with Gasteiger partial charge in [0.05, 0.1) is 18.5 Å². The molecule has 2 N–H and O–H groups in total. The van der Waals surface area contributed by atoms with E-state index in [2.05, 4.69) is 16.8 Å². The quantitative estimate of drug-likeness (QED) is 0.684. The standard InChI is InChI=1S/C9H15N3O3S/c1-3-4-12(5-6-13)16(14,15)9-7-10-11-8(9)2/h3,7,13H,1,4-6H2,2H3,(H,10,11). The third kappa shape index (κ3) is 2.49. The molecule has 0 aliphatic heterocycles. The summed E-state index contributed by atoms with van der Waals surface area (Å²) in [5, 5.41) is 15.1. The lowest BCUT2D eigenvalue weighted by Crippen LogP contribution is -2.33. The number of aromatic amines is 1. The topological polar surface area (TPSA) is 86.3 Å². The van der Waals surface area contributed by atoms with Crippen molar-refractivity contribution in [3.8, 4) is 0 Å². The number of rotatable bonds is 6. The summed E-state index contributed by atoms with van der Waals surface area (Å²) in [5.74, 6) is 0. The highest BCUT2D eigenvalue weighted by Crippen LogP contribution is 2.17. The SMILES string of the molecule is C=CCN(CCO)S(=O)(=O)c1cn[nH]c1C. The number of aryl methyl sites for hydroxylation is 1. The van der Waals surface area contributed by atoms with Gasteiger partial charge in [-0.2, -0.15) is 9.40 Å². The van der Waals surface area contributed by atoms with E-state index in [9.17, 15) is 8.42 Å². The third-order valence-electron chi connectivity index (χ3n) is 2.08. The predicted octanol–water partition coefficient (Wildman–Crippen LogP) is -0.113. The summed E-state index contributed by atoms with van der Waals surface area (Å²) in [4.78, 5) is 0.128. The highest BCUT2D eigenvalue weighted by Gasteiger charge is 2.25. The molecule has 0 atom stereocenters. The van der Waals surface area contributed by atoms with Crippen LogP contribution in [0.3, 0.4) is 0 Å². The Morgan fingerprint density at radius 1 is 1.69 bits per heavy atom. The number of nitrogens with zero attached hydrogens (tertiary/aromatic N) is 2. The molecule has 0 fully saturated rings. The molecule has 1 heterocycles. The summed E-state index contributed by atoms with van der Waals surface area (Å²) < 4.78 is 25.4. The fraction of sp³-hybridized carbons (Fsp3) is 0.444. The Bertz CT molecular complexity index is 452. The second-order valence-electron chi connectivity index (χ2n) is 3.23. The summed E-state index contributed by atoms with van der Waals surface area (Å²) in [6.45, 7) is 5.09. The van der Waals surface area contributed by atoms with E-state index in [-0.39, 0.29) is 24.6 Å². The maximum Gasteiger partial charge on any atom is 0.246 e. The van der Waals surface area contributed by atoms with Gasteiger partial charge in [0.2, 0.25) is 10.0 Å². The van der Waals surface area contributed by atoms with Gasteiger partial charge in [0.1, 0.15) is 4.90 Å². The van der Waals surface area contributed by atoms with E-state index < -0.39 is 10.0 Å². The average molecular weight is 245 g/mol. The Morgan fingerprint density at radius 3 is 2.81 bits per heavy atom. The minimum Gasteiger partial charge on any atom is -0.395 e. The Kier molecular flexibility index (Phi) is 4.22. The molecule has 0 saturated carbocycles. The first-order chi connectivity index (χ1) is 7.54. The van der Waals surface area contributed by atoms with Crippen molar-refractivity contribution in [3.63, 3.8) is 0 Å². The molecule has 6 nitrogen and oxygen atoms in total. The number of nitrogens with one attached hydrogen (secondary N) is 1. The second kappa shape index (κ2) is 5.24. The molecular formula is C9H15N3O3S. The van der Waals surface area contributed by atoms with E-state index >= 15 is 0 Å². The van der Waals surface area contributed by atoms with Gasteiger partial charge in [-0.25, -0.2) is 8.42 Å². The molecule has 0 aliphatic carbocycles. The molecule has 90 valence electrons. The fourth-order valence-corrected chi connectivity index (χ4v) is 2.82. The largest absolute Gasteiger partial charge is 0.395 e. The molecule has 0 aliphatic rings. The van der Waals surface area contributed by atoms with Crippen molar-refractivity contribution in [2.24, 2.45) is 0 Å². The zero-order chi connectivity index (χ0) is 12.2. The maximum absolute atomic E-state index is 12.1. The molecule has 1 aromatic rings. The van der Waals surface area contributed by atoms with Crippen LogP contribution in [-0.4, -0.2) is 47.7 Å². The van der Waals surface area contributed by atoms with Crippen LogP contribution in [0.25, 0.3) is 0 Å². The van der Waals surface area contributed by atoms with Crippen LogP contribution in [-0.2, 0) is 10.0 Å². The first-order valence-electron chi connectivity index (χ1n) is 4.76. The van der Waals surface area contributed by atoms with Gasteiger partial charge in [-0.1, -0.05) is 6.08 Å². The molecule has 0 unspecified atom stereocenters. The smallest absolute Gasteiger partial charge is 0.246 e. The molecule has 1 rings (SSSR count). The lowest BCUT2D eigenvalue weighted by molar-refractivity contribution is 0.260. The molecule has 0 amide bonds. The molecule has 7 heteroatoms. The molecule has 0 bridgehead atoms. The van der Waals surface area contributed by atoms with Gasteiger partial charge < -0.3 is 5.11 Å². The minimum atomic E-state index is -3.60. The normalized spacial score (nSPS) is 11.9. The molecule has 0 saturated heterocycles. The Hall–Kier alpha value is -1.18. The van der Waals surface area contributed by atoms with Crippen molar-refractivity contribution in [2.75, 3.05) is 19.7 Å². The van der Waals surface area contributed by atoms with E-state index in [1.165, 1.54) is 12.3 Å². The van der Waals surface area contributed by atoms with Gasteiger partial charge in [-0.3, -0.25) is 5.10 Å². The fourth-order valence-electron chi connectivity index (χ4n) is 1.30. The van der Waals surface area contributed by atoms with Crippen LogP contribution in [0.15, 0.2) is 23.7 Å². The molecule has 1 aromatic heterocycles. The summed E-state index contributed by atoms with van der Waals surface area (Å²) in [5.41, 5.74) is 0.479. The Balaban J connectivity index is 3.07. The molecule has 0 spiro atoms. The van der Waals surface area contributed by atoms with E-state index in [0.29, 0.717) is 5.69 Å². The van der Waals surface area contributed by atoms with E-state index in [4.69, 9.17) is 5.11 Å². The summed E-state index contributed by atoms with van der Waals surface area (Å²) in [6, 6.07) is 0. The monoisotopic (exact) mass is 245 g/mol. The van der Waals surface area contributed by atoms with Crippen molar-refractivity contribution < 1.29 is 13.5 Å². The number of sulfonamides is 1. The van der Waals surface area contributed by atoms with Crippen molar-refractivity contribution >= 4 is 10.0 Å². The number of hydrogen-bond acceptors (Lipinski definition) is 4. The maximum atomic E-state index is 12.1. The lowest BCUT2D eigenvalue weighted by Gasteiger charge is -2.18. The molecule has 0 aromatic carbocycles. The van der Waals surface area contributed by atoms with Gasteiger partial charge in [-0.15, -0.1) is 6.58 Å². The van der Waals surface area contributed by atoms with Crippen LogP contribution in [0, 0.1) is 6.92 Å². The number of hydrogen-bond donors (Lipinski definition) is 2. The van der Waals surface area contributed by atoms with Crippen molar-refractivity contribution in [1.82, 2.24) is 14.5 Å². The Morgan fingerprint density at radius 2 is 2.38 bits per heavy atom. The number of aliphatic hydroxyl groups is 1. The minimum absolute atomic E-state index is 0.0406. The molecule has 0 radical (unpaired) electrons. The molecular weight excluding hydrogens is 230 g/mol. The van der Waals surface area contributed by atoms with Crippen LogP contribution in [0.4, 0.5) is 0 Å². The average Bonchev–Trinajstić information content (AvgIpc) is 2.65. The van der Waals surface area contributed by atoms with Crippen molar-refractivity contribution in [1.29, 1.82) is 0 Å². The van der Waals surface area contributed by atoms with Gasteiger partial charge in [-0.05, 0) is 6.92 Å². The first-order valence-corrected chi connectivity index (χ1v) is 6.20. The number of H-pyrrole nitrogens is 1. The van der Waals surface area contributed by atoms with Crippen LogP contribution in [0.2, 0.25) is 0 Å². The Labute approximate surface area is 94.6 Å². The lowest BCUT2D eigenvalue weighted by atomic mass is 10.5. The number of aliphatic hydroxyl groups excluding tert-OH is 1. The van der Waals surface area contributed by atoms with Crippen LogP contribution < -0.4 is 0 Å². The predicted molar refractivity (Wildman–Crippen MR) is 59.4 cm³/mol. The zero-order valence-corrected chi connectivity index (χ0v) is 9.87. The highest BCUT2D eigenvalue weighted by molar-refractivity contribution is 7.89. The van der Waals surface area contributed by atoms with E-state index in [0.717, 1.165) is 4.31 Å². The van der Waals surface area contributed by atoms with Crippen molar-refractivity contribution in [2.45, 2.75) is 11.8 Å². The zero-order valence-electron chi connectivity index (χ0n) is 9.05. The van der Waals surface area contributed by atoms with Crippen LogP contribution >= 0.6 is 0 Å². The molecule has 16 heavy (non-hydrogen) atoms. The van der Waals surface area contributed by atoms with Crippen LogP contribution in [0.1, 0.15) is 5.69 Å². The number of aromatic nitrogens is 2. The van der Waals surface area contributed by atoms with Gasteiger partial charge in [0.25, 0.3) is 0 Å². The van der Waals surface area contributed by atoms with Crippen molar-refractivity contribution in [3.05, 3.63) is 24.5 Å². The van der Waals surface area contributed by atoms with Gasteiger partial charge >= 0.3 is 0 Å². The van der Waals surface area contributed by atoms with Crippen LogP contribution in [0.5, 0.6) is 0 Å². The van der Waals surface area contributed by atoms with Gasteiger partial charge in [0, 0.05) is 13.1 Å². The summed E-state index contributed by atoms with van der Waals surface area (Å²) >= 11 is 0. The highest BCUT2D eigenvalue weighted by atomic mass is 32.2. The first kappa shape index (κ1) is 12.9. The second-order valence-corrected chi connectivity index (χ2v) is 5.14. The van der Waals surface area contributed by atoms with E-state index in [1.54, 1.807) is 6.92 Å². The summed E-state index contributed by atoms with van der Waals surface area (Å²) in [6.07, 6.45) is 2.74.